The average Bonchev–Trinajstić information content (AvgIpc) is 3.20. The predicted molar refractivity (Wildman–Crippen MR) is 143 cm³/mol. The van der Waals surface area contributed by atoms with Crippen LogP contribution in [-0.4, -0.2) is 33.4 Å². The van der Waals surface area contributed by atoms with Gasteiger partial charge in [0, 0.05) is 23.2 Å². The number of anilines is 1. The summed E-state index contributed by atoms with van der Waals surface area (Å²) in [4.78, 5) is 20.3. The first-order chi connectivity index (χ1) is 17.0. The first-order valence-corrected chi connectivity index (χ1v) is 12.6. The summed E-state index contributed by atoms with van der Waals surface area (Å²) < 4.78 is 2.30. The molecule has 0 spiro atoms. The lowest BCUT2D eigenvalue weighted by atomic mass is 9.95. The second-order valence-corrected chi connectivity index (χ2v) is 9.95. The zero-order valence-corrected chi connectivity index (χ0v) is 21.1. The zero-order valence-electron chi connectivity index (χ0n) is 20.3. The topological polar surface area (TPSA) is 50.2 Å². The maximum absolute atomic E-state index is 12.9. The van der Waals surface area contributed by atoms with Crippen LogP contribution in [0.1, 0.15) is 35.4 Å². The SMILES string of the molecule is Cc1cccc(NC(=O)C2CCN(Cc3nc4ccccc4n3Cc3ccc(Cl)cc3)CC2)c1C. The first kappa shape index (κ1) is 23.6. The number of likely N-dealkylation sites (tertiary alicyclic amines) is 1. The number of nitrogens with zero attached hydrogens (tertiary/aromatic N) is 3. The summed E-state index contributed by atoms with van der Waals surface area (Å²) >= 11 is 6.09. The molecule has 0 radical (unpaired) electrons. The van der Waals surface area contributed by atoms with E-state index in [9.17, 15) is 4.79 Å². The second kappa shape index (κ2) is 10.2. The minimum absolute atomic E-state index is 0.0408. The van der Waals surface area contributed by atoms with Crippen molar-refractivity contribution in [1.29, 1.82) is 0 Å². The van der Waals surface area contributed by atoms with Crippen LogP contribution < -0.4 is 5.32 Å². The number of piperidine rings is 1. The van der Waals surface area contributed by atoms with Gasteiger partial charge in [-0.15, -0.1) is 0 Å². The molecule has 0 aliphatic carbocycles. The van der Waals surface area contributed by atoms with E-state index in [1.807, 2.05) is 30.3 Å². The van der Waals surface area contributed by atoms with Crippen LogP contribution in [0.2, 0.25) is 5.02 Å². The normalized spacial score (nSPS) is 14.9. The van der Waals surface area contributed by atoms with E-state index in [0.29, 0.717) is 0 Å². The van der Waals surface area contributed by atoms with Gasteiger partial charge in [0.25, 0.3) is 0 Å². The summed E-state index contributed by atoms with van der Waals surface area (Å²) in [6, 6.07) is 22.4. The molecule has 1 fully saturated rings. The number of fused-ring (bicyclic) bond motifs is 1. The van der Waals surface area contributed by atoms with Gasteiger partial charge in [-0.2, -0.15) is 0 Å². The molecule has 180 valence electrons. The van der Waals surface area contributed by atoms with Crippen molar-refractivity contribution in [3.8, 4) is 0 Å². The Labute approximate surface area is 211 Å². The molecule has 1 aliphatic heterocycles. The molecule has 2 heterocycles. The lowest BCUT2D eigenvalue weighted by Gasteiger charge is -2.31. The Bertz CT molecular complexity index is 1340. The van der Waals surface area contributed by atoms with Crippen LogP contribution >= 0.6 is 11.6 Å². The quantitative estimate of drug-likeness (QED) is 0.352. The van der Waals surface area contributed by atoms with E-state index in [-0.39, 0.29) is 11.8 Å². The van der Waals surface area contributed by atoms with Crippen molar-refractivity contribution in [1.82, 2.24) is 14.5 Å². The lowest BCUT2D eigenvalue weighted by Crippen LogP contribution is -2.38. The molecule has 1 saturated heterocycles. The summed E-state index contributed by atoms with van der Waals surface area (Å²) in [7, 11) is 0. The fourth-order valence-corrected chi connectivity index (χ4v) is 5.00. The van der Waals surface area contributed by atoms with Crippen LogP contribution in [0.15, 0.2) is 66.7 Å². The highest BCUT2D eigenvalue weighted by atomic mass is 35.5. The largest absolute Gasteiger partial charge is 0.326 e. The van der Waals surface area contributed by atoms with Crippen molar-refractivity contribution in [2.75, 3.05) is 18.4 Å². The lowest BCUT2D eigenvalue weighted by molar-refractivity contribution is -0.121. The third-order valence-corrected chi connectivity index (χ3v) is 7.43. The van der Waals surface area contributed by atoms with Gasteiger partial charge in [-0.05, 0) is 86.8 Å². The number of hydrogen-bond acceptors (Lipinski definition) is 3. The Hall–Kier alpha value is -3.15. The molecule has 0 unspecified atom stereocenters. The van der Waals surface area contributed by atoms with Gasteiger partial charge in [-0.1, -0.05) is 48.0 Å². The Morgan fingerprint density at radius 1 is 0.971 bits per heavy atom. The molecule has 5 nitrogen and oxygen atoms in total. The van der Waals surface area contributed by atoms with Crippen LogP contribution in [0.3, 0.4) is 0 Å². The van der Waals surface area contributed by atoms with Crippen molar-refractivity contribution in [2.24, 2.45) is 5.92 Å². The monoisotopic (exact) mass is 486 g/mol. The van der Waals surface area contributed by atoms with Gasteiger partial charge in [0.1, 0.15) is 5.82 Å². The highest BCUT2D eigenvalue weighted by Crippen LogP contribution is 2.25. The average molecular weight is 487 g/mol. The smallest absolute Gasteiger partial charge is 0.227 e. The molecular formula is C29H31ClN4O. The van der Waals surface area contributed by atoms with Crippen molar-refractivity contribution in [2.45, 2.75) is 39.8 Å². The van der Waals surface area contributed by atoms with Crippen molar-refractivity contribution in [3.05, 3.63) is 94.3 Å². The van der Waals surface area contributed by atoms with Gasteiger partial charge in [-0.25, -0.2) is 4.98 Å². The summed E-state index contributed by atoms with van der Waals surface area (Å²) in [6.07, 6.45) is 1.71. The molecule has 0 bridgehead atoms. The fraction of sp³-hybridized carbons (Fsp3) is 0.310. The number of amides is 1. The number of rotatable bonds is 6. The second-order valence-electron chi connectivity index (χ2n) is 9.52. The molecule has 4 aromatic rings. The molecule has 0 atom stereocenters. The van der Waals surface area contributed by atoms with E-state index < -0.39 is 0 Å². The molecule has 1 N–H and O–H groups in total. The standard InChI is InChI=1S/C29H31ClN4O/c1-20-6-5-8-25(21(20)2)32-29(35)23-14-16-33(17-15-23)19-28-31-26-7-3-4-9-27(26)34(28)18-22-10-12-24(30)13-11-22/h3-13,23H,14-19H2,1-2H3,(H,32,35). The van der Waals surface area contributed by atoms with Gasteiger partial charge in [0.15, 0.2) is 0 Å². The summed E-state index contributed by atoms with van der Waals surface area (Å²) in [5.74, 6) is 1.23. The minimum Gasteiger partial charge on any atom is -0.326 e. The molecule has 1 aliphatic rings. The number of aryl methyl sites for hydroxylation is 1. The Morgan fingerprint density at radius 2 is 1.71 bits per heavy atom. The predicted octanol–water partition coefficient (Wildman–Crippen LogP) is 6.21. The van der Waals surface area contributed by atoms with Gasteiger partial charge in [0.2, 0.25) is 5.91 Å². The molecule has 0 saturated carbocycles. The first-order valence-electron chi connectivity index (χ1n) is 12.3. The number of hydrogen-bond donors (Lipinski definition) is 1. The van der Waals surface area contributed by atoms with Gasteiger partial charge >= 0.3 is 0 Å². The Kier molecular flexibility index (Phi) is 6.89. The molecule has 3 aromatic carbocycles. The van der Waals surface area contributed by atoms with E-state index in [4.69, 9.17) is 16.6 Å². The number of carbonyl (C=O) groups excluding carboxylic acids is 1. The number of halogens is 1. The minimum atomic E-state index is 0.0408. The van der Waals surface area contributed by atoms with Crippen LogP contribution in [-0.2, 0) is 17.9 Å². The van der Waals surface area contributed by atoms with E-state index >= 15 is 0 Å². The molecule has 6 heteroatoms. The van der Waals surface area contributed by atoms with Crippen molar-refractivity contribution < 1.29 is 4.79 Å². The van der Waals surface area contributed by atoms with Gasteiger partial charge in [-0.3, -0.25) is 9.69 Å². The Morgan fingerprint density at radius 3 is 2.49 bits per heavy atom. The third kappa shape index (κ3) is 5.26. The van der Waals surface area contributed by atoms with Gasteiger partial charge < -0.3 is 9.88 Å². The Balaban J connectivity index is 1.26. The van der Waals surface area contributed by atoms with Crippen LogP contribution in [0.4, 0.5) is 5.69 Å². The summed E-state index contributed by atoms with van der Waals surface area (Å²) in [6.45, 7) is 7.42. The summed E-state index contributed by atoms with van der Waals surface area (Å²) in [5.41, 5.74) is 6.60. The molecule has 1 amide bonds. The van der Waals surface area contributed by atoms with Gasteiger partial charge in [0.05, 0.1) is 17.6 Å². The van der Waals surface area contributed by atoms with Crippen LogP contribution in [0.5, 0.6) is 0 Å². The number of benzene rings is 3. The van der Waals surface area contributed by atoms with E-state index in [0.717, 1.165) is 72.2 Å². The fourth-order valence-electron chi connectivity index (χ4n) is 4.87. The number of nitrogens with one attached hydrogen (secondary N) is 1. The zero-order chi connectivity index (χ0) is 24.4. The molecule has 35 heavy (non-hydrogen) atoms. The highest BCUT2D eigenvalue weighted by molar-refractivity contribution is 6.30. The maximum atomic E-state index is 12.9. The number of para-hydroxylation sites is 2. The van der Waals surface area contributed by atoms with E-state index in [2.05, 4.69) is 65.0 Å². The van der Waals surface area contributed by atoms with Crippen LogP contribution in [0.25, 0.3) is 11.0 Å². The number of imidazole rings is 1. The highest BCUT2D eigenvalue weighted by Gasteiger charge is 2.26. The number of carbonyl (C=O) groups is 1. The van der Waals surface area contributed by atoms with E-state index in [1.54, 1.807) is 0 Å². The van der Waals surface area contributed by atoms with E-state index in [1.165, 1.54) is 11.1 Å². The third-order valence-electron chi connectivity index (χ3n) is 7.17. The summed E-state index contributed by atoms with van der Waals surface area (Å²) in [5, 5.41) is 3.90. The molecule has 5 rings (SSSR count). The number of aromatic nitrogens is 2. The maximum Gasteiger partial charge on any atom is 0.227 e. The van der Waals surface area contributed by atoms with Crippen molar-refractivity contribution in [3.63, 3.8) is 0 Å². The van der Waals surface area contributed by atoms with Crippen LogP contribution in [0, 0.1) is 19.8 Å². The van der Waals surface area contributed by atoms with Crippen molar-refractivity contribution >= 4 is 34.2 Å². The molecule has 1 aromatic heterocycles. The molecular weight excluding hydrogens is 456 g/mol.